The van der Waals surface area contributed by atoms with Gasteiger partial charge in [0, 0.05) is 7.11 Å². The van der Waals surface area contributed by atoms with Crippen molar-refractivity contribution in [3.8, 4) is 0 Å². The Balaban J connectivity index is 2.58. The quantitative estimate of drug-likeness (QED) is 0.757. The number of amides is 1. The van der Waals surface area contributed by atoms with Crippen LogP contribution in [0.5, 0.6) is 0 Å². The molecule has 1 amide bonds. The number of aliphatic hydroxyl groups is 1. The Labute approximate surface area is 92.1 Å². The molecule has 0 aliphatic carbocycles. The topological polar surface area (TPSA) is 71.5 Å². The molecule has 0 aliphatic heterocycles. The number of hydrogen-bond donors (Lipinski definition) is 2. The lowest BCUT2D eigenvalue weighted by molar-refractivity contribution is 0.0842. The number of carbonyl (C=O) groups excluding carboxylic acids is 1. The van der Waals surface area contributed by atoms with Crippen LogP contribution in [-0.4, -0.2) is 42.4 Å². The number of ether oxygens (including phenoxy) is 1. The van der Waals surface area contributed by atoms with E-state index in [1.54, 1.807) is 12.4 Å². The molecule has 1 rings (SSSR count). The van der Waals surface area contributed by atoms with E-state index in [0.717, 1.165) is 0 Å². The summed E-state index contributed by atoms with van der Waals surface area (Å²) in [4.78, 5) is 16.2. The lowest BCUT2D eigenvalue weighted by Gasteiger charge is -2.14. The Hall–Kier alpha value is -0.980. The maximum atomic E-state index is 11.7. The second kappa shape index (κ2) is 5.79. The second-order valence-electron chi connectivity index (χ2n) is 3.08. The first-order valence-corrected chi connectivity index (χ1v) is 5.37. The van der Waals surface area contributed by atoms with Gasteiger partial charge in [0.05, 0.1) is 30.5 Å². The smallest absolute Gasteiger partial charge is 0.263 e. The van der Waals surface area contributed by atoms with Crippen LogP contribution in [0.3, 0.4) is 0 Å². The summed E-state index contributed by atoms with van der Waals surface area (Å²) in [6.45, 7) is 1.92. The highest BCUT2D eigenvalue weighted by atomic mass is 32.1. The van der Waals surface area contributed by atoms with Gasteiger partial charge in [-0.25, -0.2) is 4.98 Å². The molecule has 0 saturated heterocycles. The molecule has 1 atom stereocenters. The highest BCUT2D eigenvalue weighted by Gasteiger charge is 2.15. The molecule has 84 valence electrons. The fraction of sp³-hybridized carbons (Fsp3) is 0.556. The van der Waals surface area contributed by atoms with Gasteiger partial charge >= 0.3 is 0 Å². The zero-order valence-corrected chi connectivity index (χ0v) is 9.50. The number of aliphatic hydroxyl groups excluding tert-OH is 1. The molecule has 0 aromatic carbocycles. The molecule has 1 aromatic heterocycles. The van der Waals surface area contributed by atoms with Crippen LogP contribution >= 0.6 is 11.3 Å². The van der Waals surface area contributed by atoms with Gasteiger partial charge in [-0.3, -0.25) is 4.79 Å². The Morgan fingerprint density at radius 1 is 1.80 bits per heavy atom. The lowest BCUT2D eigenvalue weighted by Crippen LogP contribution is -2.40. The summed E-state index contributed by atoms with van der Waals surface area (Å²) in [7, 11) is 1.52. The largest absolute Gasteiger partial charge is 0.394 e. The summed E-state index contributed by atoms with van der Waals surface area (Å²) in [5.74, 6) is -0.217. The first kappa shape index (κ1) is 12.1. The van der Waals surface area contributed by atoms with E-state index in [1.165, 1.54) is 18.4 Å². The van der Waals surface area contributed by atoms with E-state index >= 15 is 0 Å². The van der Waals surface area contributed by atoms with Gasteiger partial charge in [0.2, 0.25) is 0 Å². The third kappa shape index (κ3) is 3.26. The van der Waals surface area contributed by atoms with Crippen molar-refractivity contribution in [2.45, 2.75) is 13.0 Å². The minimum atomic E-state index is -0.371. The molecule has 0 aliphatic rings. The average Bonchev–Trinajstić information content (AvgIpc) is 2.63. The summed E-state index contributed by atoms with van der Waals surface area (Å²) < 4.78 is 4.86. The van der Waals surface area contributed by atoms with Crippen LogP contribution in [0, 0.1) is 6.92 Å². The van der Waals surface area contributed by atoms with Crippen LogP contribution in [0.15, 0.2) is 5.51 Å². The Morgan fingerprint density at radius 2 is 2.53 bits per heavy atom. The maximum Gasteiger partial charge on any atom is 0.263 e. The van der Waals surface area contributed by atoms with Crippen LogP contribution < -0.4 is 5.32 Å². The van der Waals surface area contributed by atoms with E-state index in [9.17, 15) is 4.79 Å². The molecule has 0 bridgehead atoms. The first-order chi connectivity index (χ1) is 7.19. The van der Waals surface area contributed by atoms with Crippen LogP contribution in [0.1, 0.15) is 15.4 Å². The number of carbonyl (C=O) groups is 1. The number of nitrogens with zero attached hydrogens (tertiary/aromatic N) is 1. The van der Waals surface area contributed by atoms with Gasteiger partial charge in [-0.15, -0.1) is 11.3 Å². The van der Waals surface area contributed by atoms with Gasteiger partial charge < -0.3 is 15.2 Å². The number of methoxy groups -OCH3 is 1. The van der Waals surface area contributed by atoms with Crippen LogP contribution in [0.4, 0.5) is 0 Å². The van der Waals surface area contributed by atoms with E-state index in [-0.39, 0.29) is 18.6 Å². The number of aryl methyl sites for hydroxylation is 1. The summed E-state index contributed by atoms with van der Waals surface area (Å²) in [5.41, 5.74) is 2.32. The number of thiazole rings is 1. The standard InChI is InChI=1S/C9H14N2O3S/c1-6-8(15-5-10-6)9(13)11-7(3-12)4-14-2/h5,7,12H,3-4H2,1-2H3,(H,11,13). The molecule has 5 nitrogen and oxygen atoms in total. The molecule has 0 saturated carbocycles. The van der Waals surface area contributed by atoms with Gasteiger partial charge in [0.1, 0.15) is 4.88 Å². The van der Waals surface area contributed by atoms with Crippen molar-refractivity contribution in [3.05, 3.63) is 16.1 Å². The van der Waals surface area contributed by atoms with Crippen LogP contribution in [-0.2, 0) is 4.74 Å². The van der Waals surface area contributed by atoms with E-state index in [4.69, 9.17) is 9.84 Å². The fourth-order valence-electron chi connectivity index (χ4n) is 1.11. The number of hydrogen-bond acceptors (Lipinski definition) is 5. The zero-order valence-electron chi connectivity index (χ0n) is 8.69. The Kier molecular flexibility index (Phi) is 4.67. The number of nitrogens with one attached hydrogen (secondary N) is 1. The van der Waals surface area contributed by atoms with Gasteiger partial charge in [0.25, 0.3) is 5.91 Å². The molecule has 0 spiro atoms. The second-order valence-corrected chi connectivity index (χ2v) is 3.93. The van der Waals surface area contributed by atoms with Crippen LogP contribution in [0.2, 0.25) is 0 Å². The Bertz CT molecular complexity index is 327. The van der Waals surface area contributed by atoms with E-state index in [1.807, 2.05) is 0 Å². The zero-order chi connectivity index (χ0) is 11.3. The van der Waals surface area contributed by atoms with Crippen molar-refractivity contribution in [1.82, 2.24) is 10.3 Å². The Morgan fingerprint density at radius 3 is 3.00 bits per heavy atom. The molecular formula is C9H14N2O3S. The van der Waals surface area contributed by atoms with Crippen LogP contribution in [0.25, 0.3) is 0 Å². The van der Waals surface area contributed by atoms with Gasteiger partial charge in [-0.05, 0) is 6.92 Å². The van der Waals surface area contributed by atoms with Crippen molar-refractivity contribution in [2.24, 2.45) is 0 Å². The third-order valence-electron chi connectivity index (χ3n) is 1.88. The van der Waals surface area contributed by atoms with Crippen molar-refractivity contribution in [2.75, 3.05) is 20.3 Å². The van der Waals surface area contributed by atoms with Crippen molar-refractivity contribution < 1.29 is 14.6 Å². The molecule has 0 radical (unpaired) electrons. The molecule has 15 heavy (non-hydrogen) atoms. The summed E-state index contributed by atoms with van der Waals surface area (Å²) in [6.07, 6.45) is 0. The third-order valence-corrected chi connectivity index (χ3v) is 2.80. The maximum absolute atomic E-state index is 11.7. The molecule has 1 heterocycles. The normalized spacial score (nSPS) is 12.5. The molecular weight excluding hydrogens is 216 g/mol. The molecule has 6 heteroatoms. The number of aromatic nitrogens is 1. The van der Waals surface area contributed by atoms with Crippen molar-refractivity contribution in [3.63, 3.8) is 0 Å². The first-order valence-electron chi connectivity index (χ1n) is 4.49. The summed E-state index contributed by atoms with van der Waals surface area (Å²) >= 11 is 1.28. The number of rotatable bonds is 5. The highest BCUT2D eigenvalue weighted by molar-refractivity contribution is 7.11. The van der Waals surface area contributed by atoms with E-state index in [2.05, 4.69) is 10.3 Å². The van der Waals surface area contributed by atoms with Crippen molar-refractivity contribution in [1.29, 1.82) is 0 Å². The molecule has 1 unspecified atom stereocenters. The highest BCUT2D eigenvalue weighted by Crippen LogP contribution is 2.11. The summed E-state index contributed by atoms with van der Waals surface area (Å²) in [5, 5.41) is 11.6. The average molecular weight is 230 g/mol. The minimum absolute atomic E-state index is 0.141. The van der Waals surface area contributed by atoms with Gasteiger partial charge in [0.15, 0.2) is 0 Å². The SMILES string of the molecule is COCC(CO)NC(=O)c1scnc1C. The summed E-state index contributed by atoms with van der Waals surface area (Å²) in [6, 6.07) is -0.371. The molecule has 2 N–H and O–H groups in total. The fourth-order valence-corrected chi connectivity index (χ4v) is 1.82. The minimum Gasteiger partial charge on any atom is -0.394 e. The van der Waals surface area contributed by atoms with E-state index < -0.39 is 0 Å². The van der Waals surface area contributed by atoms with E-state index in [0.29, 0.717) is 17.2 Å². The van der Waals surface area contributed by atoms with Gasteiger partial charge in [-0.2, -0.15) is 0 Å². The lowest BCUT2D eigenvalue weighted by atomic mass is 10.3. The molecule has 0 fully saturated rings. The monoisotopic (exact) mass is 230 g/mol. The van der Waals surface area contributed by atoms with Crippen molar-refractivity contribution >= 4 is 17.2 Å². The predicted octanol–water partition coefficient (Wildman–Crippen LogP) is 0.189. The predicted molar refractivity (Wildman–Crippen MR) is 57.1 cm³/mol. The van der Waals surface area contributed by atoms with Gasteiger partial charge in [-0.1, -0.05) is 0 Å². The molecule has 1 aromatic rings.